The zero-order valence-corrected chi connectivity index (χ0v) is 22.2. The molecule has 0 unspecified atom stereocenters. The van der Waals surface area contributed by atoms with Gasteiger partial charge in [-0.3, -0.25) is 9.48 Å². The Morgan fingerprint density at radius 2 is 1.97 bits per heavy atom. The molecule has 1 aromatic heterocycles. The van der Waals surface area contributed by atoms with Crippen LogP contribution in [0.25, 0.3) is 0 Å². The van der Waals surface area contributed by atoms with Crippen molar-refractivity contribution in [3.63, 3.8) is 0 Å². The minimum Gasteiger partial charge on any atom is -0.450 e. The lowest BCUT2D eigenvalue weighted by Gasteiger charge is -2.32. The normalized spacial score (nSPS) is 14.5. The van der Waals surface area contributed by atoms with E-state index < -0.39 is 0 Å². The van der Waals surface area contributed by atoms with Gasteiger partial charge < -0.3 is 25.2 Å². The van der Waals surface area contributed by atoms with Gasteiger partial charge in [0.25, 0.3) is 0 Å². The smallest absolute Gasteiger partial charge is 0.409 e. The fraction of sp³-hybridized carbons (Fsp3) is 0.714. The third-order valence-electron chi connectivity index (χ3n) is 5.18. The Kier molecular flexibility index (Phi) is 12.4. The van der Waals surface area contributed by atoms with Crippen molar-refractivity contribution in [1.29, 1.82) is 0 Å². The molecule has 1 aliphatic heterocycles. The van der Waals surface area contributed by atoms with Crippen LogP contribution in [0.4, 0.5) is 4.79 Å². The summed E-state index contributed by atoms with van der Waals surface area (Å²) in [6.07, 6.45) is 2.22. The van der Waals surface area contributed by atoms with Crippen LogP contribution >= 0.6 is 24.0 Å². The Morgan fingerprint density at radius 3 is 2.53 bits per heavy atom. The number of nitrogens with zero attached hydrogens (tertiary/aromatic N) is 5. The number of hydrogen-bond donors (Lipinski definition) is 2. The van der Waals surface area contributed by atoms with Crippen molar-refractivity contribution in [2.75, 3.05) is 46.9 Å². The highest BCUT2D eigenvalue weighted by atomic mass is 127. The number of carbonyl (C=O) groups is 2. The van der Waals surface area contributed by atoms with Crippen LogP contribution in [0.5, 0.6) is 0 Å². The number of aromatic nitrogens is 2. The van der Waals surface area contributed by atoms with Crippen molar-refractivity contribution in [3.8, 4) is 0 Å². The molecule has 11 heteroatoms. The number of piperidine rings is 1. The fourth-order valence-corrected chi connectivity index (χ4v) is 3.39. The second kappa shape index (κ2) is 14.2. The van der Waals surface area contributed by atoms with Crippen molar-refractivity contribution in [2.24, 2.45) is 4.99 Å². The van der Waals surface area contributed by atoms with E-state index in [1.165, 1.54) is 4.90 Å². The van der Waals surface area contributed by atoms with E-state index in [2.05, 4.69) is 33.7 Å². The molecule has 1 saturated heterocycles. The van der Waals surface area contributed by atoms with Gasteiger partial charge in [0.1, 0.15) is 6.54 Å². The Bertz CT molecular complexity index is 759. The summed E-state index contributed by atoms with van der Waals surface area (Å²) in [6.45, 7) is 9.12. The van der Waals surface area contributed by atoms with Crippen LogP contribution in [-0.2, 0) is 16.1 Å². The maximum absolute atomic E-state index is 12.0. The first kappa shape index (κ1) is 28.0. The summed E-state index contributed by atoms with van der Waals surface area (Å²) in [4.78, 5) is 31.6. The van der Waals surface area contributed by atoms with Crippen molar-refractivity contribution in [1.82, 2.24) is 30.2 Å². The van der Waals surface area contributed by atoms with Gasteiger partial charge in [0.15, 0.2) is 5.96 Å². The summed E-state index contributed by atoms with van der Waals surface area (Å²) >= 11 is 0. The van der Waals surface area contributed by atoms with Crippen LogP contribution in [0.3, 0.4) is 0 Å². The molecule has 2 amide bonds. The van der Waals surface area contributed by atoms with E-state index >= 15 is 0 Å². The average molecular weight is 563 g/mol. The number of likely N-dealkylation sites (N-methyl/N-ethyl adjacent to an activating group) is 1. The third kappa shape index (κ3) is 9.21. The molecular weight excluding hydrogens is 525 g/mol. The van der Waals surface area contributed by atoms with Gasteiger partial charge in [-0.2, -0.15) is 5.10 Å². The third-order valence-corrected chi connectivity index (χ3v) is 5.18. The van der Waals surface area contributed by atoms with Crippen LogP contribution in [-0.4, -0.2) is 90.5 Å². The maximum Gasteiger partial charge on any atom is 0.409 e. The minimum atomic E-state index is -0.256. The molecule has 1 fully saturated rings. The van der Waals surface area contributed by atoms with E-state index in [4.69, 9.17) is 4.74 Å². The van der Waals surface area contributed by atoms with Crippen molar-refractivity contribution in [2.45, 2.75) is 52.6 Å². The number of rotatable bonds is 8. The topological polar surface area (TPSA) is 104 Å². The van der Waals surface area contributed by atoms with Gasteiger partial charge in [-0.25, -0.2) is 9.79 Å². The van der Waals surface area contributed by atoms with Crippen LogP contribution in [0.2, 0.25) is 0 Å². The molecule has 0 aliphatic carbocycles. The monoisotopic (exact) mass is 563 g/mol. The van der Waals surface area contributed by atoms with Gasteiger partial charge in [0.2, 0.25) is 5.91 Å². The largest absolute Gasteiger partial charge is 0.450 e. The quantitative estimate of drug-likeness (QED) is 0.216. The Morgan fingerprint density at radius 1 is 1.28 bits per heavy atom. The summed E-state index contributed by atoms with van der Waals surface area (Å²) in [7, 11) is 3.44. The average Bonchev–Trinajstić information content (AvgIpc) is 3.06. The van der Waals surface area contributed by atoms with Gasteiger partial charge in [-0.1, -0.05) is 0 Å². The first-order valence-corrected chi connectivity index (χ1v) is 11.0. The van der Waals surface area contributed by atoms with E-state index in [9.17, 15) is 9.59 Å². The van der Waals surface area contributed by atoms with Gasteiger partial charge in [-0.05, 0) is 46.1 Å². The van der Waals surface area contributed by atoms with Gasteiger partial charge in [0, 0.05) is 52.0 Å². The highest BCUT2D eigenvalue weighted by molar-refractivity contribution is 14.0. The molecule has 2 rings (SSSR count). The number of aliphatic imine (C=N–C) groups is 1. The molecular formula is C21H38IN7O3. The van der Waals surface area contributed by atoms with Crippen molar-refractivity contribution < 1.29 is 14.3 Å². The Balaban J connectivity index is 0.00000512. The number of guanidine groups is 1. The zero-order chi connectivity index (χ0) is 22.8. The fourth-order valence-electron chi connectivity index (χ4n) is 3.39. The highest BCUT2D eigenvalue weighted by Gasteiger charge is 2.24. The molecule has 0 atom stereocenters. The van der Waals surface area contributed by atoms with Crippen molar-refractivity contribution >= 4 is 41.9 Å². The molecule has 32 heavy (non-hydrogen) atoms. The van der Waals surface area contributed by atoms with Gasteiger partial charge in [-0.15, -0.1) is 24.0 Å². The number of halogens is 1. The molecule has 0 aromatic carbocycles. The van der Waals surface area contributed by atoms with Gasteiger partial charge in [0.05, 0.1) is 12.3 Å². The van der Waals surface area contributed by atoms with E-state index in [-0.39, 0.29) is 48.6 Å². The first-order valence-electron chi connectivity index (χ1n) is 11.0. The lowest BCUT2D eigenvalue weighted by molar-refractivity contribution is -0.127. The number of carbonyl (C=O) groups excluding carboxylic acids is 2. The number of likely N-dealkylation sites (tertiary alicyclic amines) is 1. The number of hydrogen-bond acceptors (Lipinski definition) is 5. The number of ether oxygens (including phenoxy) is 1. The highest BCUT2D eigenvalue weighted by Crippen LogP contribution is 2.11. The Hall–Kier alpha value is -2.05. The van der Waals surface area contributed by atoms with E-state index in [0.29, 0.717) is 32.2 Å². The molecule has 1 aliphatic rings. The molecule has 1 aromatic rings. The number of nitrogens with one attached hydrogen (secondary N) is 2. The molecule has 0 saturated carbocycles. The summed E-state index contributed by atoms with van der Waals surface area (Å²) in [6, 6.07) is 2.25. The van der Waals surface area contributed by atoms with Gasteiger partial charge >= 0.3 is 6.09 Å². The molecule has 0 spiro atoms. The number of aryl methyl sites for hydroxylation is 3. The van der Waals surface area contributed by atoms with Crippen LogP contribution in [0.1, 0.15) is 37.6 Å². The predicted octanol–water partition coefficient (Wildman–Crippen LogP) is 1.75. The predicted molar refractivity (Wildman–Crippen MR) is 135 cm³/mol. The summed E-state index contributed by atoms with van der Waals surface area (Å²) < 4.78 is 7.08. The lowest BCUT2D eigenvalue weighted by atomic mass is 10.1. The molecule has 2 N–H and O–H groups in total. The molecule has 2 heterocycles. The second-order valence-corrected chi connectivity index (χ2v) is 7.99. The SMILES string of the molecule is CCOC(=O)N1CCC(NC(=NCC(=O)N(C)C)NCCCn2nc(C)cc2C)CC1.I. The lowest BCUT2D eigenvalue weighted by Crippen LogP contribution is -2.50. The number of amides is 2. The molecule has 0 bridgehead atoms. The van der Waals surface area contributed by atoms with E-state index in [1.807, 2.05) is 18.5 Å². The summed E-state index contributed by atoms with van der Waals surface area (Å²) in [5, 5.41) is 11.2. The van der Waals surface area contributed by atoms with Crippen LogP contribution < -0.4 is 10.6 Å². The maximum atomic E-state index is 12.0. The zero-order valence-electron chi connectivity index (χ0n) is 19.9. The van der Waals surface area contributed by atoms with E-state index in [0.717, 1.165) is 37.2 Å². The standard InChI is InChI=1S/C21H37N7O3.HI/c1-6-31-21(30)27-12-8-18(9-13-27)24-20(23-15-19(29)26(4)5)22-10-7-11-28-17(3)14-16(2)25-28;/h14,18H,6-13,15H2,1-5H3,(H2,22,23,24);1H. The van der Waals surface area contributed by atoms with E-state index in [1.54, 1.807) is 19.0 Å². The first-order chi connectivity index (χ1) is 14.8. The molecule has 182 valence electrons. The minimum absolute atomic E-state index is 0. The van der Waals surface area contributed by atoms with Crippen LogP contribution in [0, 0.1) is 13.8 Å². The second-order valence-electron chi connectivity index (χ2n) is 7.99. The summed E-state index contributed by atoms with van der Waals surface area (Å²) in [5.41, 5.74) is 2.17. The van der Waals surface area contributed by atoms with Crippen LogP contribution in [0.15, 0.2) is 11.1 Å². The molecule has 0 radical (unpaired) electrons. The summed E-state index contributed by atoms with van der Waals surface area (Å²) in [5.74, 6) is 0.569. The van der Waals surface area contributed by atoms with Crippen molar-refractivity contribution in [3.05, 3.63) is 17.5 Å². The Labute approximate surface area is 208 Å². The molecule has 10 nitrogen and oxygen atoms in total.